The Morgan fingerprint density at radius 1 is 1.19 bits per heavy atom. The molecule has 9 heteroatoms. The van der Waals surface area contributed by atoms with Crippen LogP contribution >= 0.6 is 0 Å². The predicted octanol–water partition coefficient (Wildman–Crippen LogP) is 2.47. The number of benzene rings is 1. The Morgan fingerprint density at radius 2 is 1.90 bits per heavy atom. The van der Waals surface area contributed by atoms with Gasteiger partial charge in [-0.1, -0.05) is 0 Å². The van der Waals surface area contributed by atoms with Gasteiger partial charge in [-0.2, -0.15) is 13.2 Å². The van der Waals surface area contributed by atoms with E-state index in [-0.39, 0.29) is 17.2 Å². The SMILES string of the molecule is Nc1cnc(C(=O)Nc2ccc(F)c(C(F)(F)F)c2)cn1. The molecule has 2 aromatic rings. The highest BCUT2D eigenvalue weighted by atomic mass is 19.4. The third kappa shape index (κ3) is 3.44. The zero-order valence-corrected chi connectivity index (χ0v) is 10.3. The van der Waals surface area contributed by atoms with Gasteiger partial charge < -0.3 is 11.1 Å². The molecule has 0 saturated carbocycles. The summed E-state index contributed by atoms with van der Waals surface area (Å²) in [6.45, 7) is 0. The standard InChI is InChI=1S/C12H8F4N4O/c13-8-2-1-6(3-7(8)12(14,15)16)20-11(21)9-4-19-10(17)5-18-9/h1-5H,(H2,17,19)(H,20,21). The zero-order valence-electron chi connectivity index (χ0n) is 10.3. The van der Waals surface area contributed by atoms with Gasteiger partial charge in [0.15, 0.2) is 0 Å². The monoisotopic (exact) mass is 300 g/mol. The maximum absolute atomic E-state index is 13.1. The first-order valence-corrected chi connectivity index (χ1v) is 5.53. The second-order valence-electron chi connectivity index (χ2n) is 3.97. The van der Waals surface area contributed by atoms with Crippen LogP contribution in [0.4, 0.5) is 29.1 Å². The summed E-state index contributed by atoms with van der Waals surface area (Å²) < 4.78 is 50.7. The molecule has 0 radical (unpaired) electrons. The van der Waals surface area contributed by atoms with E-state index in [1.807, 2.05) is 0 Å². The van der Waals surface area contributed by atoms with Gasteiger partial charge in [-0.15, -0.1) is 0 Å². The lowest BCUT2D eigenvalue weighted by atomic mass is 10.1. The van der Waals surface area contributed by atoms with Crippen LogP contribution in [0.3, 0.4) is 0 Å². The molecule has 0 fully saturated rings. The molecule has 110 valence electrons. The molecule has 0 spiro atoms. The van der Waals surface area contributed by atoms with Gasteiger partial charge in [-0.3, -0.25) is 4.79 Å². The average Bonchev–Trinajstić information content (AvgIpc) is 2.40. The summed E-state index contributed by atoms with van der Waals surface area (Å²) in [5, 5.41) is 2.17. The van der Waals surface area contributed by atoms with Crippen LogP contribution in [0.25, 0.3) is 0 Å². The number of carbonyl (C=O) groups is 1. The fourth-order valence-electron chi connectivity index (χ4n) is 1.47. The quantitative estimate of drug-likeness (QED) is 0.835. The summed E-state index contributed by atoms with van der Waals surface area (Å²) in [4.78, 5) is 19.0. The van der Waals surface area contributed by atoms with Gasteiger partial charge in [0.25, 0.3) is 5.91 Å². The molecule has 3 N–H and O–H groups in total. The van der Waals surface area contributed by atoms with Gasteiger partial charge in [0.1, 0.15) is 17.3 Å². The molecular formula is C12H8F4N4O. The molecule has 0 unspecified atom stereocenters. The number of hydrogen-bond acceptors (Lipinski definition) is 4. The third-order valence-electron chi connectivity index (χ3n) is 2.43. The minimum atomic E-state index is -4.86. The number of amides is 1. The minimum Gasteiger partial charge on any atom is -0.382 e. The summed E-state index contributed by atoms with van der Waals surface area (Å²) in [6.07, 6.45) is -2.66. The number of hydrogen-bond donors (Lipinski definition) is 2. The minimum absolute atomic E-state index is 0.0905. The number of carbonyl (C=O) groups excluding carboxylic acids is 1. The number of halogens is 4. The maximum Gasteiger partial charge on any atom is 0.419 e. The normalized spacial score (nSPS) is 11.2. The smallest absolute Gasteiger partial charge is 0.382 e. The molecule has 1 heterocycles. The van der Waals surface area contributed by atoms with Crippen molar-refractivity contribution in [3.63, 3.8) is 0 Å². The van der Waals surface area contributed by atoms with Crippen LogP contribution in [0.5, 0.6) is 0 Å². The fourth-order valence-corrected chi connectivity index (χ4v) is 1.47. The van der Waals surface area contributed by atoms with Crippen LogP contribution < -0.4 is 11.1 Å². The van der Waals surface area contributed by atoms with E-state index < -0.39 is 23.5 Å². The second-order valence-corrected chi connectivity index (χ2v) is 3.97. The molecule has 5 nitrogen and oxygen atoms in total. The maximum atomic E-state index is 13.1. The first kappa shape index (κ1) is 14.7. The largest absolute Gasteiger partial charge is 0.419 e. The van der Waals surface area contributed by atoms with E-state index in [0.29, 0.717) is 12.1 Å². The third-order valence-corrected chi connectivity index (χ3v) is 2.43. The van der Waals surface area contributed by atoms with E-state index >= 15 is 0 Å². The second kappa shape index (κ2) is 5.35. The Hall–Kier alpha value is -2.71. The lowest BCUT2D eigenvalue weighted by molar-refractivity contribution is -0.139. The van der Waals surface area contributed by atoms with Gasteiger partial charge in [-0.25, -0.2) is 14.4 Å². The van der Waals surface area contributed by atoms with Crippen LogP contribution in [0.15, 0.2) is 30.6 Å². The Bertz CT molecular complexity index is 670. The summed E-state index contributed by atoms with van der Waals surface area (Å²) in [5.74, 6) is -2.12. The van der Waals surface area contributed by atoms with Crippen molar-refractivity contribution in [3.8, 4) is 0 Å². The molecule has 0 bridgehead atoms. The molecular weight excluding hydrogens is 292 g/mol. The van der Waals surface area contributed by atoms with Crippen molar-refractivity contribution in [2.75, 3.05) is 11.1 Å². The summed E-state index contributed by atoms with van der Waals surface area (Å²) >= 11 is 0. The molecule has 1 aromatic heterocycles. The molecule has 1 amide bonds. The molecule has 2 rings (SSSR count). The first-order valence-electron chi connectivity index (χ1n) is 5.53. The molecule has 0 saturated heterocycles. The number of alkyl halides is 3. The highest BCUT2D eigenvalue weighted by Gasteiger charge is 2.34. The number of anilines is 2. The lowest BCUT2D eigenvalue weighted by Crippen LogP contribution is -2.16. The summed E-state index contributed by atoms with van der Waals surface area (Å²) in [5.41, 5.74) is 3.47. The molecule has 1 aromatic carbocycles. The first-order chi connectivity index (χ1) is 9.77. The molecule has 0 aliphatic rings. The lowest BCUT2D eigenvalue weighted by Gasteiger charge is -2.10. The van der Waals surface area contributed by atoms with Crippen molar-refractivity contribution in [2.45, 2.75) is 6.18 Å². The Balaban J connectivity index is 2.24. The highest BCUT2D eigenvalue weighted by molar-refractivity contribution is 6.02. The number of aromatic nitrogens is 2. The molecule has 0 atom stereocenters. The summed E-state index contributed by atoms with van der Waals surface area (Å²) in [6, 6.07) is 2.12. The molecule has 21 heavy (non-hydrogen) atoms. The number of rotatable bonds is 2. The fraction of sp³-hybridized carbons (Fsp3) is 0.0833. The van der Waals surface area contributed by atoms with Crippen molar-refractivity contribution in [2.24, 2.45) is 0 Å². The topological polar surface area (TPSA) is 80.9 Å². The number of nitrogen functional groups attached to an aromatic ring is 1. The van der Waals surface area contributed by atoms with E-state index in [0.717, 1.165) is 18.5 Å². The van der Waals surface area contributed by atoms with Crippen LogP contribution in [0.1, 0.15) is 16.1 Å². The van der Waals surface area contributed by atoms with Crippen LogP contribution in [0.2, 0.25) is 0 Å². The van der Waals surface area contributed by atoms with Gasteiger partial charge in [-0.05, 0) is 18.2 Å². The van der Waals surface area contributed by atoms with Gasteiger partial charge in [0, 0.05) is 5.69 Å². The average molecular weight is 300 g/mol. The van der Waals surface area contributed by atoms with Crippen LogP contribution in [-0.4, -0.2) is 15.9 Å². The van der Waals surface area contributed by atoms with E-state index in [1.54, 1.807) is 0 Å². The zero-order chi connectivity index (χ0) is 15.6. The van der Waals surface area contributed by atoms with Crippen molar-refractivity contribution >= 4 is 17.4 Å². The van der Waals surface area contributed by atoms with Crippen molar-refractivity contribution < 1.29 is 22.4 Å². The summed E-state index contributed by atoms with van der Waals surface area (Å²) in [7, 11) is 0. The molecule has 0 aliphatic heterocycles. The number of nitrogens with two attached hydrogens (primary N) is 1. The van der Waals surface area contributed by atoms with Crippen LogP contribution in [0, 0.1) is 5.82 Å². The highest BCUT2D eigenvalue weighted by Crippen LogP contribution is 2.33. The predicted molar refractivity (Wildman–Crippen MR) is 65.8 cm³/mol. The van der Waals surface area contributed by atoms with E-state index in [1.165, 1.54) is 0 Å². The van der Waals surface area contributed by atoms with Crippen molar-refractivity contribution in [1.29, 1.82) is 0 Å². The number of nitrogens with zero attached hydrogens (tertiary/aromatic N) is 2. The van der Waals surface area contributed by atoms with E-state index in [2.05, 4.69) is 15.3 Å². The Kier molecular flexibility index (Phi) is 3.74. The Morgan fingerprint density at radius 3 is 2.48 bits per heavy atom. The Labute approximate surface area is 115 Å². The van der Waals surface area contributed by atoms with Crippen LogP contribution in [-0.2, 0) is 6.18 Å². The van der Waals surface area contributed by atoms with Crippen molar-refractivity contribution in [3.05, 3.63) is 47.7 Å². The van der Waals surface area contributed by atoms with E-state index in [4.69, 9.17) is 5.73 Å². The van der Waals surface area contributed by atoms with E-state index in [9.17, 15) is 22.4 Å². The van der Waals surface area contributed by atoms with Gasteiger partial charge in [0.2, 0.25) is 0 Å². The molecule has 0 aliphatic carbocycles. The van der Waals surface area contributed by atoms with Gasteiger partial charge in [0.05, 0.1) is 18.0 Å². The van der Waals surface area contributed by atoms with Crippen molar-refractivity contribution in [1.82, 2.24) is 9.97 Å². The number of nitrogens with one attached hydrogen (secondary N) is 1. The van der Waals surface area contributed by atoms with Gasteiger partial charge >= 0.3 is 6.18 Å².